The van der Waals surface area contributed by atoms with Gasteiger partial charge in [0.1, 0.15) is 0 Å². The number of benzene rings is 2. The van der Waals surface area contributed by atoms with Crippen molar-refractivity contribution >= 4 is 32.7 Å². The van der Waals surface area contributed by atoms with Crippen molar-refractivity contribution in [3.63, 3.8) is 0 Å². The molecule has 1 heterocycles. The Morgan fingerprint density at radius 1 is 0.941 bits per heavy atom. The first-order valence-electron chi connectivity index (χ1n) is 10.8. The van der Waals surface area contributed by atoms with Gasteiger partial charge in [0.25, 0.3) is 0 Å². The van der Waals surface area contributed by atoms with Gasteiger partial charge in [0.05, 0.1) is 17.1 Å². The average Bonchev–Trinajstić information content (AvgIpc) is 2.84. The van der Waals surface area contributed by atoms with Crippen molar-refractivity contribution in [3.05, 3.63) is 82.7 Å². The van der Waals surface area contributed by atoms with Gasteiger partial charge >= 0.3 is 0 Å². The van der Waals surface area contributed by atoms with Crippen molar-refractivity contribution in [3.8, 4) is 0 Å². The number of nitrogens with two attached hydrogens (primary N) is 3. The highest BCUT2D eigenvalue weighted by Gasteiger charge is 2.05. The standard InChI is InChI=1S/C15H20N4.C8H10.CH3NO.CH4O.CH5P/c1-10-9-14(15(17)11(2)18-10)19-13-5-3-12(4-6-13)7-8-16;1-7-3-5-8(2)6-4-7;2-1-3;2*1-2/h3-6,9H,7-8,16-17H2,1-2H3,(H,18,19);3-6H,1-2H3;1H,(H2,2,3);2H,1H3;2H2,1H3. The van der Waals surface area contributed by atoms with E-state index >= 15 is 0 Å². The Bertz CT molecular complexity index is 897. The van der Waals surface area contributed by atoms with Crippen LogP contribution in [0.3, 0.4) is 0 Å². The first-order valence-corrected chi connectivity index (χ1v) is 12.0. The molecule has 34 heavy (non-hydrogen) atoms. The maximum atomic E-state index is 8.58. The molecule has 0 fully saturated rings. The van der Waals surface area contributed by atoms with E-state index in [4.69, 9.17) is 21.4 Å². The molecule has 0 bridgehead atoms. The van der Waals surface area contributed by atoms with Gasteiger partial charge in [-0.1, -0.05) is 54.2 Å². The molecule has 2 aromatic carbocycles. The summed E-state index contributed by atoms with van der Waals surface area (Å²) in [6.07, 6.45) is 1.15. The number of hydrogen-bond donors (Lipinski definition) is 5. The van der Waals surface area contributed by atoms with Crippen molar-refractivity contribution in [1.29, 1.82) is 0 Å². The molecule has 0 spiro atoms. The number of aliphatic hydroxyl groups is 1. The number of carbonyl (C=O) groups excluding carboxylic acids is 1. The lowest BCUT2D eigenvalue weighted by atomic mass is 10.1. The lowest BCUT2D eigenvalue weighted by Crippen LogP contribution is -2.03. The number of nitrogens with one attached hydrogen (secondary N) is 1. The Morgan fingerprint density at radius 3 is 1.79 bits per heavy atom. The summed E-state index contributed by atoms with van der Waals surface area (Å²) < 4.78 is 0. The zero-order valence-electron chi connectivity index (χ0n) is 21.3. The van der Waals surface area contributed by atoms with Gasteiger partial charge in [0, 0.05) is 18.5 Å². The Morgan fingerprint density at radius 2 is 1.38 bits per heavy atom. The highest BCUT2D eigenvalue weighted by molar-refractivity contribution is 7.15. The van der Waals surface area contributed by atoms with Crippen LogP contribution in [0.4, 0.5) is 17.1 Å². The second kappa shape index (κ2) is 20.6. The van der Waals surface area contributed by atoms with Crippen molar-refractivity contribution in [2.24, 2.45) is 11.5 Å². The van der Waals surface area contributed by atoms with E-state index in [0.29, 0.717) is 12.2 Å². The van der Waals surface area contributed by atoms with Crippen LogP contribution in [0.15, 0.2) is 54.6 Å². The van der Waals surface area contributed by atoms with E-state index in [-0.39, 0.29) is 6.41 Å². The number of primary amides is 1. The fourth-order valence-electron chi connectivity index (χ4n) is 2.66. The van der Waals surface area contributed by atoms with E-state index < -0.39 is 0 Å². The molecule has 3 aromatic rings. The minimum Gasteiger partial charge on any atom is -0.400 e. The average molecular weight is 488 g/mol. The van der Waals surface area contributed by atoms with Gasteiger partial charge in [0.2, 0.25) is 6.41 Å². The third kappa shape index (κ3) is 14.2. The topological polar surface area (TPSA) is 140 Å². The quantitative estimate of drug-likeness (QED) is 0.278. The molecule has 8 heteroatoms. The molecule has 7 nitrogen and oxygen atoms in total. The molecule has 0 saturated carbocycles. The first kappa shape index (κ1) is 33.2. The number of carbonyl (C=O) groups is 1. The molecule has 1 amide bonds. The predicted molar refractivity (Wildman–Crippen MR) is 151 cm³/mol. The van der Waals surface area contributed by atoms with Crippen LogP contribution in [0.1, 0.15) is 28.1 Å². The smallest absolute Gasteiger partial charge is 0.204 e. The van der Waals surface area contributed by atoms with E-state index in [1.807, 2.05) is 38.7 Å². The van der Waals surface area contributed by atoms with Crippen molar-refractivity contribution < 1.29 is 9.90 Å². The summed E-state index contributed by atoms with van der Waals surface area (Å²) >= 11 is 0. The van der Waals surface area contributed by atoms with Crippen LogP contribution in [-0.4, -0.2) is 36.8 Å². The maximum absolute atomic E-state index is 8.58. The number of aliphatic hydroxyl groups excluding tert-OH is 1. The summed E-state index contributed by atoms with van der Waals surface area (Å²) in [5, 5.41) is 10.3. The van der Waals surface area contributed by atoms with E-state index in [0.717, 1.165) is 36.3 Å². The van der Waals surface area contributed by atoms with E-state index in [1.165, 1.54) is 16.7 Å². The molecule has 0 saturated heterocycles. The summed E-state index contributed by atoms with van der Waals surface area (Å²) in [5.41, 5.74) is 24.0. The monoisotopic (exact) mass is 487 g/mol. The van der Waals surface area contributed by atoms with Gasteiger partial charge in [-0.05, 0) is 64.4 Å². The summed E-state index contributed by atoms with van der Waals surface area (Å²) in [6.45, 7) is 10.7. The fraction of sp³-hybridized carbons (Fsp3) is 0.308. The highest BCUT2D eigenvalue weighted by Crippen LogP contribution is 2.26. The molecule has 1 aromatic heterocycles. The predicted octanol–water partition coefficient (Wildman–Crippen LogP) is 4.03. The van der Waals surface area contributed by atoms with Gasteiger partial charge in [-0.3, -0.25) is 9.78 Å². The summed E-state index contributed by atoms with van der Waals surface area (Å²) in [6, 6.07) is 18.7. The lowest BCUT2D eigenvalue weighted by Gasteiger charge is -2.12. The van der Waals surface area contributed by atoms with E-state index in [9.17, 15) is 0 Å². The van der Waals surface area contributed by atoms with Crippen LogP contribution < -0.4 is 22.5 Å². The molecule has 8 N–H and O–H groups in total. The van der Waals surface area contributed by atoms with Gasteiger partial charge in [-0.2, -0.15) is 0 Å². The minimum absolute atomic E-state index is 0.250. The fourth-order valence-corrected chi connectivity index (χ4v) is 2.66. The van der Waals surface area contributed by atoms with Crippen LogP contribution in [0.2, 0.25) is 0 Å². The number of pyridine rings is 1. The number of amides is 1. The number of nitrogen functional groups attached to an aromatic ring is 1. The van der Waals surface area contributed by atoms with Crippen LogP contribution in [-0.2, 0) is 11.2 Å². The molecule has 0 radical (unpaired) electrons. The van der Waals surface area contributed by atoms with Crippen molar-refractivity contribution in [2.45, 2.75) is 34.1 Å². The molecular formula is C26H42N5O2P. The minimum atomic E-state index is 0.250. The normalized spacial score (nSPS) is 8.74. The Hall–Kier alpha value is -2.99. The number of nitrogens with zero attached hydrogens (tertiary/aromatic N) is 1. The molecule has 0 aliphatic carbocycles. The van der Waals surface area contributed by atoms with E-state index in [2.05, 4.69) is 75.5 Å². The second-order valence-corrected chi connectivity index (χ2v) is 6.96. The number of aryl methyl sites for hydroxylation is 4. The molecule has 0 aliphatic heterocycles. The maximum Gasteiger partial charge on any atom is 0.204 e. The van der Waals surface area contributed by atoms with Gasteiger partial charge < -0.3 is 27.6 Å². The Balaban J connectivity index is 0. The van der Waals surface area contributed by atoms with E-state index in [1.54, 1.807) is 0 Å². The van der Waals surface area contributed by atoms with Gasteiger partial charge in [-0.25, -0.2) is 0 Å². The summed E-state index contributed by atoms with van der Waals surface area (Å²) in [7, 11) is 3.42. The van der Waals surface area contributed by atoms with Crippen LogP contribution >= 0.6 is 9.24 Å². The molecule has 1 unspecified atom stereocenters. The van der Waals surface area contributed by atoms with Crippen molar-refractivity contribution in [2.75, 3.05) is 31.4 Å². The van der Waals surface area contributed by atoms with Crippen molar-refractivity contribution in [1.82, 2.24) is 4.98 Å². The molecule has 1 atom stereocenters. The van der Waals surface area contributed by atoms with Crippen LogP contribution in [0, 0.1) is 27.7 Å². The zero-order chi connectivity index (χ0) is 26.5. The molecular weight excluding hydrogens is 445 g/mol. The number of hydrogen-bond acceptors (Lipinski definition) is 6. The summed E-state index contributed by atoms with van der Waals surface area (Å²) in [5.74, 6) is 0. The summed E-state index contributed by atoms with van der Waals surface area (Å²) in [4.78, 5) is 12.9. The van der Waals surface area contributed by atoms with Gasteiger partial charge in [0.15, 0.2) is 0 Å². The number of aromatic nitrogens is 1. The second-order valence-electron chi connectivity index (χ2n) is 6.96. The van der Waals surface area contributed by atoms with Gasteiger partial charge in [-0.15, -0.1) is 9.24 Å². The number of rotatable bonds is 4. The lowest BCUT2D eigenvalue weighted by molar-refractivity contribution is -0.106. The molecule has 0 aliphatic rings. The van der Waals surface area contributed by atoms with Crippen LogP contribution in [0.25, 0.3) is 0 Å². The Labute approximate surface area is 207 Å². The zero-order valence-corrected chi connectivity index (χ0v) is 22.5. The number of anilines is 3. The third-order valence-electron chi connectivity index (χ3n) is 4.26. The highest BCUT2D eigenvalue weighted by atomic mass is 31.0. The third-order valence-corrected chi connectivity index (χ3v) is 4.26. The van der Waals surface area contributed by atoms with Crippen LogP contribution in [0.5, 0.6) is 0 Å². The SMILES string of the molecule is CO.CP.Cc1cc(Nc2ccc(CCN)cc2)c(N)c(C)n1.Cc1ccc(C)cc1.NC=O. The first-order chi connectivity index (χ1) is 16.3. The molecule has 3 rings (SSSR count). The Kier molecular flexibility index (Phi) is 20.1. The largest absolute Gasteiger partial charge is 0.400 e. The molecule has 188 valence electrons.